The van der Waals surface area contributed by atoms with Gasteiger partial charge in [0, 0.05) is 19.1 Å². The highest BCUT2D eigenvalue weighted by Gasteiger charge is 2.30. The van der Waals surface area contributed by atoms with Crippen LogP contribution in [0, 0.1) is 5.92 Å². The van der Waals surface area contributed by atoms with E-state index in [1.54, 1.807) is 0 Å². The first-order chi connectivity index (χ1) is 6.54. The van der Waals surface area contributed by atoms with E-state index in [0.717, 1.165) is 19.4 Å². The SMILES string of the molecule is CC(C)N(C)C(=O)[C@@H]1CCCN[C@@H]1C.Cl. The molecule has 0 unspecified atom stereocenters. The molecule has 1 rings (SSSR count). The molecule has 0 aromatic heterocycles. The summed E-state index contributed by atoms with van der Waals surface area (Å²) in [7, 11) is 1.90. The maximum atomic E-state index is 12.0. The average Bonchev–Trinajstić information content (AvgIpc) is 2.16. The molecule has 1 aliphatic heterocycles. The van der Waals surface area contributed by atoms with Crippen LogP contribution in [-0.4, -0.2) is 36.5 Å². The monoisotopic (exact) mass is 234 g/mol. The number of nitrogens with zero attached hydrogens (tertiary/aromatic N) is 1. The van der Waals surface area contributed by atoms with Crippen LogP contribution < -0.4 is 5.32 Å². The molecule has 0 spiro atoms. The van der Waals surface area contributed by atoms with E-state index in [2.05, 4.69) is 26.1 Å². The number of nitrogens with one attached hydrogen (secondary N) is 1. The lowest BCUT2D eigenvalue weighted by Gasteiger charge is -2.33. The molecule has 1 aliphatic rings. The number of halogens is 1. The fourth-order valence-electron chi connectivity index (χ4n) is 1.90. The molecule has 1 fully saturated rings. The molecule has 0 aromatic rings. The van der Waals surface area contributed by atoms with Gasteiger partial charge in [0.25, 0.3) is 0 Å². The van der Waals surface area contributed by atoms with E-state index in [1.165, 1.54) is 0 Å². The quantitative estimate of drug-likeness (QED) is 0.788. The number of hydrogen-bond donors (Lipinski definition) is 1. The van der Waals surface area contributed by atoms with Crippen LogP contribution >= 0.6 is 12.4 Å². The van der Waals surface area contributed by atoms with Gasteiger partial charge in [-0.1, -0.05) is 0 Å². The van der Waals surface area contributed by atoms with E-state index in [9.17, 15) is 4.79 Å². The molecule has 15 heavy (non-hydrogen) atoms. The van der Waals surface area contributed by atoms with Crippen molar-refractivity contribution in [2.75, 3.05) is 13.6 Å². The van der Waals surface area contributed by atoms with Crippen molar-refractivity contribution in [2.45, 2.75) is 45.7 Å². The number of carbonyl (C=O) groups is 1. The Kier molecular flexibility index (Phi) is 6.22. The van der Waals surface area contributed by atoms with Gasteiger partial charge in [0.1, 0.15) is 0 Å². The molecule has 3 nitrogen and oxygen atoms in total. The van der Waals surface area contributed by atoms with E-state index in [4.69, 9.17) is 0 Å². The lowest BCUT2D eigenvalue weighted by atomic mass is 9.90. The van der Waals surface area contributed by atoms with Gasteiger partial charge in [-0.2, -0.15) is 0 Å². The van der Waals surface area contributed by atoms with Crippen molar-refractivity contribution in [3.63, 3.8) is 0 Å². The van der Waals surface area contributed by atoms with Crippen LogP contribution in [0.3, 0.4) is 0 Å². The maximum absolute atomic E-state index is 12.0. The number of rotatable bonds is 2. The summed E-state index contributed by atoms with van der Waals surface area (Å²) in [5.74, 6) is 0.468. The summed E-state index contributed by atoms with van der Waals surface area (Å²) in [6, 6.07) is 0.633. The molecular formula is C11H23ClN2O. The molecule has 1 N–H and O–H groups in total. The molecule has 1 heterocycles. The van der Waals surface area contributed by atoms with Crippen molar-refractivity contribution in [3.05, 3.63) is 0 Å². The molecule has 0 bridgehead atoms. The van der Waals surface area contributed by atoms with Crippen molar-refractivity contribution in [2.24, 2.45) is 5.92 Å². The largest absolute Gasteiger partial charge is 0.343 e. The van der Waals surface area contributed by atoms with Crippen LogP contribution in [0.2, 0.25) is 0 Å². The van der Waals surface area contributed by atoms with E-state index >= 15 is 0 Å². The molecular weight excluding hydrogens is 212 g/mol. The van der Waals surface area contributed by atoms with Gasteiger partial charge in [0.15, 0.2) is 0 Å². The van der Waals surface area contributed by atoms with Crippen LogP contribution in [0.5, 0.6) is 0 Å². The number of amides is 1. The summed E-state index contributed by atoms with van der Waals surface area (Å²) in [6.45, 7) is 7.27. The zero-order chi connectivity index (χ0) is 10.7. The highest BCUT2D eigenvalue weighted by atomic mass is 35.5. The molecule has 0 aromatic carbocycles. The molecule has 0 radical (unpaired) electrons. The Morgan fingerprint density at radius 1 is 1.47 bits per heavy atom. The van der Waals surface area contributed by atoms with E-state index < -0.39 is 0 Å². The summed E-state index contributed by atoms with van der Waals surface area (Å²) >= 11 is 0. The molecule has 90 valence electrons. The second-order valence-electron chi connectivity index (χ2n) is 4.53. The first kappa shape index (κ1) is 14.7. The molecule has 0 saturated carbocycles. The Hall–Kier alpha value is -0.280. The Morgan fingerprint density at radius 2 is 2.07 bits per heavy atom. The minimum Gasteiger partial charge on any atom is -0.343 e. The average molecular weight is 235 g/mol. The van der Waals surface area contributed by atoms with Gasteiger partial charge in [-0.15, -0.1) is 12.4 Å². The van der Waals surface area contributed by atoms with Crippen molar-refractivity contribution < 1.29 is 4.79 Å². The predicted molar refractivity (Wildman–Crippen MR) is 65.3 cm³/mol. The Balaban J connectivity index is 0.00000196. The number of piperidine rings is 1. The third-order valence-electron chi connectivity index (χ3n) is 3.20. The third-order valence-corrected chi connectivity index (χ3v) is 3.20. The minimum absolute atomic E-state index is 0. The van der Waals surface area contributed by atoms with E-state index in [-0.39, 0.29) is 18.3 Å². The summed E-state index contributed by atoms with van der Waals surface area (Å²) in [5, 5.41) is 3.36. The molecule has 1 saturated heterocycles. The van der Waals surface area contributed by atoms with Crippen molar-refractivity contribution in [3.8, 4) is 0 Å². The van der Waals surface area contributed by atoms with Crippen LogP contribution in [0.4, 0.5) is 0 Å². The predicted octanol–water partition coefficient (Wildman–Crippen LogP) is 1.66. The van der Waals surface area contributed by atoms with Crippen molar-refractivity contribution in [1.29, 1.82) is 0 Å². The second kappa shape index (κ2) is 6.33. The summed E-state index contributed by atoms with van der Waals surface area (Å²) in [4.78, 5) is 13.9. The van der Waals surface area contributed by atoms with Gasteiger partial charge in [-0.3, -0.25) is 4.79 Å². The van der Waals surface area contributed by atoms with Crippen LogP contribution in [0.25, 0.3) is 0 Å². The summed E-state index contributed by atoms with van der Waals surface area (Å²) in [5.41, 5.74) is 0. The lowest BCUT2D eigenvalue weighted by Crippen LogP contribution is -2.48. The zero-order valence-electron chi connectivity index (χ0n) is 10.1. The van der Waals surface area contributed by atoms with Gasteiger partial charge in [0.05, 0.1) is 5.92 Å². The van der Waals surface area contributed by atoms with Gasteiger partial charge in [-0.05, 0) is 40.2 Å². The molecule has 0 aliphatic carbocycles. The van der Waals surface area contributed by atoms with Gasteiger partial charge < -0.3 is 10.2 Å². The molecule has 1 amide bonds. The first-order valence-corrected chi connectivity index (χ1v) is 5.54. The van der Waals surface area contributed by atoms with E-state index in [1.807, 2.05) is 11.9 Å². The fraction of sp³-hybridized carbons (Fsp3) is 0.909. The smallest absolute Gasteiger partial charge is 0.227 e. The normalized spacial score (nSPS) is 25.9. The van der Waals surface area contributed by atoms with Crippen LogP contribution in [0.15, 0.2) is 0 Å². The van der Waals surface area contributed by atoms with Crippen LogP contribution in [-0.2, 0) is 4.79 Å². The standard InChI is InChI=1S/C11H22N2O.ClH/c1-8(2)13(4)11(14)10-6-5-7-12-9(10)3;/h8-10,12H,5-7H2,1-4H3;1H/t9-,10-;/m1./s1. The summed E-state index contributed by atoms with van der Waals surface area (Å²) < 4.78 is 0. The summed E-state index contributed by atoms with van der Waals surface area (Å²) in [6.07, 6.45) is 2.15. The first-order valence-electron chi connectivity index (χ1n) is 5.54. The Bertz CT molecular complexity index is 209. The van der Waals surface area contributed by atoms with Crippen molar-refractivity contribution >= 4 is 18.3 Å². The Labute approximate surface area is 99.0 Å². The second-order valence-corrected chi connectivity index (χ2v) is 4.53. The topological polar surface area (TPSA) is 32.3 Å². The van der Waals surface area contributed by atoms with Gasteiger partial charge >= 0.3 is 0 Å². The van der Waals surface area contributed by atoms with Crippen LogP contribution in [0.1, 0.15) is 33.6 Å². The number of carbonyl (C=O) groups excluding carboxylic acids is 1. The highest BCUT2D eigenvalue weighted by molar-refractivity contribution is 5.85. The van der Waals surface area contributed by atoms with Gasteiger partial charge in [0.2, 0.25) is 5.91 Å². The van der Waals surface area contributed by atoms with Crippen molar-refractivity contribution in [1.82, 2.24) is 10.2 Å². The maximum Gasteiger partial charge on any atom is 0.227 e. The highest BCUT2D eigenvalue weighted by Crippen LogP contribution is 2.19. The fourth-order valence-corrected chi connectivity index (χ4v) is 1.90. The lowest BCUT2D eigenvalue weighted by molar-refractivity contribution is -0.137. The van der Waals surface area contributed by atoms with Gasteiger partial charge in [-0.25, -0.2) is 0 Å². The van der Waals surface area contributed by atoms with E-state index in [0.29, 0.717) is 18.0 Å². The zero-order valence-corrected chi connectivity index (χ0v) is 10.9. The minimum atomic E-state index is 0. The third kappa shape index (κ3) is 3.65. The molecule has 2 atom stereocenters. The number of hydrogen-bond acceptors (Lipinski definition) is 2. The molecule has 4 heteroatoms. The Morgan fingerprint density at radius 3 is 2.53 bits per heavy atom.